The van der Waals surface area contributed by atoms with Crippen LogP contribution in [0.15, 0.2) is 12.1 Å². The molecule has 0 bridgehead atoms. The summed E-state index contributed by atoms with van der Waals surface area (Å²) in [6.45, 7) is 5.16. The van der Waals surface area contributed by atoms with E-state index in [1.54, 1.807) is 20.8 Å². The Kier molecular flexibility index (Phi) is 3.71. The lowest BCUT2D eigenvalue weighted by Crippen LogP contribution is -2.33. The third-order valence-corrected chi connectivity index (χ3v) is 1.85. The van der Waals surface area contributed by atoms with Gasteiger partial charge in [0.15, 0.2) is 11.6 Å². The summed E-state index contributed by atoms with van der Waals surface area (Å²) in [6.07, 6.45) is -0.222. The van der Waals surface area contributed by atoms with Crippen molar-refractivity contribution in [3.63, 3.8) is 0 Å². The zero-order chi connectivity index (χ0) is 11.6. The second-order valence-electron chi connectivity index (χ2n) is 3.71. The van der Waals surface area contributed by atoms with E-state index in [2.05, 4.69) is 0 Å². The molecule has 0 atom stereocenters. The molecule has 1 aromatic carbocycles. The van der Waals surface area contributed by atoms with Crippen molar-refractivity contribution in [1.29, 1.82) is 0 Å². The van der Waals surface area contributed by atoms with E-state index >= 15 is 0 Å². The Bertz CT molecular complexity index is 353. The van der Waals surface area contributed by atoms with E-state index in [0.29, 0.717) is 5.56 Å². The minimum absolute atomic E-state index is 0.0567. The highest BCUT2D eigenvalue weighted by atomic mass is 19.1. The van der Waals surface area contributed by atoms with E-state index in [4.69, 9.17) is 14.8 Å². The molecule has 3 nitrogen and oxygen atoms in total. The molecule has 0 radical (unpaired) electrons. The fourth-order valence-corrected chi connectivity index (χ4v) is 1.31. The molecule has 0 aliphatic carbocycles. The molecule has 0 unspecified atom stereocenters. The Morgan fingerprint density at radius 3 is 2.40 bits per heavy atom. The molecule has 0 aromatic heterocycles. The number of ether oxygens (including phenoxy) is 1. The predicted octanol–water partition coefficient (Wildman–Crippen LogP) is 0.601. The number of benzene rings is 1. The summed E-state index contributed by atoms with van der Waals surface area (Å²) in [6, 6.07) is 2.79. The van der Waals surface area contributed by atoms with Gasteiger partial charge < -0.3 is 14.8 Å². The summed E-state index contributed by atoms with van der Waals surface area (Å²) in [5.74, 6) is -0.669. The zero-order valence-electron chi connectivity index (χ0n) is 8.99. The minimum atomic E-state index is -1.73. The first-order chi connectivity index (χ1) is 6.91. The summed E-state index contributed by atoms with van der Waals surface area (Å²) >= 11 is 0. The molecular formula is C10H14BFO3. The van der Waals surface area contributed by atoms with Crippen LogP contribution < -0.4 is 10.2 Å². The molecule has 0 fully saturated rings. The van der Waals surface area contributed by atoms with E-state index in [9.17, 15) is 4.39 Å². The third kappa shape index (κ3) is 2.94. The molecule has 1 aromatic rings. The molecule has 0 saturated carbocycles. The van der Waals surface area contributed by atoms with Crippen LogP contribution in [-0.2, 0) is 0 Å². The zero-order valence-corrected chi connectivity index (χ0v) is 8.99. The van der Waals surface area contributed by atoms with Gasteiger partial charge in [-0.15, -0.1) is 0 Å². The largest absolute Gasteiger partial charge is 0.492 e. The highest BCUT2D eigenvalue weighted by Gasteiger charge is 2.21. The van der Waals surface area contributed by atoms with Crippen LogP contribution in [0.3, 0.4) is 0 Å². The molecule has 82 valence electrons. The number of hydrogen-bond donors (Lipinski definition) is 2. The quantitative estimate of drug-likeness (QED) is 0.721. The van der Waals surface area contributed by atoms with Crippen LogP contribution in [0.25, 0.3) is 0 Å². The van der Waals surface area contributed by atoms with Gasteiger partial charge in [0.1, 0.15) is 0 Å². The standard InChI is InChI=1S/C10H14BFO3/c1-6(2)15-10-8(11(13)14)4-7(3)5-9(10)12/h4-6,13-14H,1-3H3. The van der Waals surface area contributed by atoms with Crippen LogP contribution in [0, 0.1) is 12.7 Å². The number of aryl methyl sites for hydroxylation is 1. The Morgan fingerprint density at radius 2 is 1.93 bits per heavy atom. The van der Waals surface area contributed by atoms with Crippen LogP contribution in [0.5, 0.6) is 5.75 Å². The SMILES string of the molecule is Cc1cc(F)c(OC(C)C)c(B(O)O)c1. The molecule has 15 heavy (non-hydrogen) atoms. The van der Waals surface area contributed by atoms with Gasteiger partial charge in [-0.05, 0) is 32.4 Å². The van der Waals surface area contributed by atoms with Gasteiger partial charge in [0.25, 0.3) is 0 Å². The topological polar surface area (TPSA) is 49.7 Å². The molecule has 0 saturated heterocycles. The maximum absolute atomic E-state index is 13.5. The van der Waals surface area contributed by atoms with Crippen molar-refractivity contribution < 1.29 is 19.2 Å². The summed E-state index contributed by atoms with van der Waals surface area (Å²) in [5, 5.41) is 18.2. The molecule has 2 N–H and O–H groups in total. The molecule has 5 heteroatoms. The van der Waals surface area contributed by atoms with Crippen molar-refractivity contribution in [1.82, 2.24) is 0 Å². The highest BCUT2D eigenvalue weighted by molar-refractivity contribution is 6.59. The van der Waals surface area contributed by atoms with Gasteiger partial charge >= 0.3 is 7.12 Å². The molecule has 0 spiro atoms. The van der Waals surface area contributed by atoms with Crippen molar-refractivity contribution >= 4 is 12.6 Å². The fourth-order valence-electron chi connectivity index (χ4n) is 1.31. The average molecular weight is 212 g/mol. The number of rotatable bonds is 3. The molecule has 0 amide bonds. The average Bonchev–Trinajstić information content (AvgIpc) is 2.08. The maximum Gasteiger partial charge on any atom is 0.492 e. The highest BCUT2D eigenvalue weighted by Crippen LogP contribution is 2.17. The van der Waals surface area contributed by atoms with Gasteiger partial charge in [-0.25, -0.2) is 4.39 Å². The Morgan fingerprint density at radius 1 is 1.33 bits per heavy atom. The van der Waals surface area contributed by atoms with Crippen molar-refractivity contribution in [2.75, 3.05) is 0 Å². The van der Waals surface area contributed by atoms with Crippen molar-refractivity contribution in [3.8, 4) is 5.75 Å². The van der Waals surface area contributed by atoms with Crippen LogP contribution in [0.2, 0.25) is 0 Å². The second-order valence-corrected chi connectivity index (χ2v) is 3.71. The minimum Gasteiger partial charge on any atom is -0.488 e. The van der Waals surface area contributed by atoms with Gasteiger partial charge in [0, 0.05) is 5.46 Å². The van der Waals surface area contributed by atoms with Gasteiger partial charge in [0.2, 0.25) is 0 Å². The van der Waals surface area contributed by atoms with E-state index in [1.165, 1.54) is 12.1 Å². The van der Waals surface area contributed by atoms with Crippen LogP contribution in [-0.4, -0.2) is 23.3 Å². The second kappa shape index (κ2) is 4.64. The van der Waals surface area contributed by atoms with Gasteiger partial charge in [-0.1, -0.05) is 6.07 Å². The predicted molar refractivity (Wildman–Crippen MR) is 56.7 cm³/mol. The molecule has 0 heterocycles. The van der Waals surface area contributed by atoms with Crippen molar-refractivity contribution in [2.45, 2.75) is 26.9 Å². The molecule has 0 aliphatic heterocycles. The Hall–Kier alpha value is -1.07. The van der Waals surface area contributed by atoms with Crippen LogP contribution in [0.4, 0.5) is 4.39 Å². The van der Waals surface area contributed by atoms with Crippen molar-refractivity contribution in [3.05, 3.63) is 23.5 Å². The first kappa shape index (κ1) is 12.0. The normalized spacial score (nSPS) is 10.6. The summed E-state index contributed by atoms with van der Waals surface area (Å²) < 4.78 is 18.7. The van der Waals surface area contributed by atoms with Crippen molar-refractivity contribution in [2.24, 2.45) is 0 Å². The van der Waals surface area contributed by atoms with Crippen LogP contribution >= 0.6 is 0 Å². The Labute approximate surface area is 88.7 Å². The van der Waals surface area contributed by atoms with E-state index < -0.39 is 12.9 Å². The summed E-state index contributed by atoms with van der Waals surface area (Å²) in [7, 11) is -1.73. The summed E-state index contributed by atoms with van der Waals surface area (Å²) in [5.41, 5.74) is 0.674. The number of halogens is 1. The third-order valence-electron chi connectivity index (χ3n) is 1.85. The Balaban J connectivity index is 3.21. The van der Waals surface area contributed by atoms with Gasteiger partial charge in [0.05, 0.1) is 6.10 Å². The lowest BCUT2D eigenvalue weighted by molar-refractivity contribution is 0.232. The smallest absolute Gasteiger partial charge is 0.488 e. The lowest BCUT2D eigenvalue weighted by atomic mass is 9.78. The van der Waals surface area contributed by atoms with Gasteiger partial charge in [-0.3, -0.25) is 0 Å². The maximum atomic E-state index is 13.5. The first-order valence-corrected chi connectivity index (χ1v) is 4.74. The first-order valence-electron chi connectivity index (χ1n) is 4.74. The molecule has 1 rings (SSSR count). The van der Waals surface area contributed by atoms with Crippen LogP contribution in [0.1, 0.15) is 19.4 Å². The monoisotopic (exact) mass is 212 g/mol. The fraction of sp³-hybridized carbons (Fsp3) is 0.400. The molecule has 0 aliphatic rings. The number of hydrogen-bond acceptors (Lipinski definition) is 3. The van der Waals surface area contributed by atoms with Gasteiger partial charge in [-0.2, -0.15) is 0 Å². The van der Waals surface area contributed by atoms with E-state index in [0.717, 1.165) is 0 Å². The molecular weight excluding hydrogens is 198 g/mol. The lowest BCUT2D eigenvalue weighted by Gasteiger charge is -2.15. The van der Waals surface area contributed by atoms with E-state index in [-0.39, 0.29) is 17.3 Å². The summed E-state index contributed by atoms with van der Waals surface area (Å²) in [4.78, 5) is 0. The van der Waals surface area contributed by atoms with E-state index in [1.807, 2.05) is 0 Å².